The summed E-state index contributed by atoms with van der Waals surface area (Å²) < 4.78 is 11.7. The molecule has 0 saturated heterocycles. The zero-order valence-corrected chi connectivity index (χ0v) is 12.2. The predicted octanol–water partition coefficient (Wildman–Crippen LogP) is 1.42. The fourth-order valence-electron chi connectivity index (χ4n) is 1.95. The number of aromatic nitrogens is 2. The number of esters is 1. The molecule has 0 spiro atoms. The van der Waals surface area contributed by atoms with Gasteiger partial charge in [-0.05, 0) is 26.8 Å². The highest BCUT2D eigenvalue weighted by Gasteiger charge is 2.27. The van der Waals surface area contributed by atoms with Gasteiger partial charge < -0.3 is 14.4 Å². The van der Waals surface area contributed by atoms with Gasteiger partial charge in [0, 0.05) is 6.54 Å². The Bertz CT molecular complexity index is 530. The second-order valence-electron chi connectivity index (χ2n) is 5.64. The SMILES string of the molecule is COC(=O)c1cc2n(n1)CCN(C(=O)OC(C)(C)C)C2. The van der Waals surface area contributed by atoms with E-state index in [0.29, 0.717) is 19.6 Å². The van der Waals surface area contributed by atoms with E-state index in [-0.39, 0.29) is 11.8 Å². The Morgan fingerprint density at radius 3 is 2.60 bits per heavy atom. The zero-order chi connectivity index (χ0) is 14.9. The molecule has 0 fully saturated rings. The van der Waals surface area contributed by atoms with Gasteiger partial charge in [0.1, 0.15) is 5.60 Å². The van der Waals surface area contributed by atoms with Gasteiger partial charge in [-0.1, -0.05) is 0 Å². The van der Waals surface area contributed by atoms with Crippen LogP contribution >= 0.6 is 0 Å². The van der Waals surface area contributed by atoms with Gasteiger partial charge in [-0.3, -0.25) is 4.68 Å². The Balaban J connectivity index is 2.09. The van der Waals surface area contributed by atoms with Crippen molar-refractivity contribution in [2.75, 3.05) is 13.7 Å². The van der Waals surface area contributed by atoms with Crippen molar-refractivity contribution in [2.45, 2.75) is 39.5 Å². The van der Waals surface area contributed by atoms with E-state index < -0.39 is 11.6 Å². The number of rotatable bonds is 1. The molecule has 0 N–H and O–H groups in total. The van der Waals surface area contributed by atoms with E-state index in [1.54, 1.807) is 15.6 Å². The van der Waals surface area contributed by atoms with Crippen LogP contribution in [-0.4, -0.2) is 46.0 Å². The van der Waals surface area contributed by atoms with Crippen LogP contribution in [0.5, 0.6) is 0 Å². The van der Waals surface area contributed by atoms with Gasteiger partial charge in [0.25, 0.3) is 0 Å². The lowest BCUT2D eigenvalue weighted by Gasteiger charge is -2.30. The molecule has 2 heterocycles. The lowest BCUT2D eigenvalue weighted by Crippen LogP contribution is -2.41. The Morgan fingerprint density at radius 2 is 2.00 bits per heavy atom. The van der Waals surface area contributed by atoms with E-state index in [4.69, 9.17) is 4.74 Å². The Morgan fingerprint density at radius 1 is 1.30 bits per heavy atom. The molecule has 7 nitrogen and oxygen atoms in total. The number of ether oxygens (including phenoxy) is 2. The maximum atomic E-state index is 12.0. The van der Waals surface area contributed by atoms with Crippen LogP contribution in [0.1, 0.15) is 37.0 Å². The summed E-state index contributed by atoms with van der Waals surface area (Å²) in [4.78, 5) is 25.0. The number of nitrogens with zero attached hydrogens (tertiary/aromatic N) is 3. The van der Waals surface area contributed by atoms with E-state index >= 15 is 0 Å². The lowest BCUT2D eigenvalue weighted by atomic mass is 10.2. The quantitative estimate of drug-likeness (QED) is 0.728. The van der Waals surface area contributed by atoms with Crippen molar-refractivity contribution >= 4 is 12.1 Å². The zero-order valence-electron chi connectivity index (χ0n) is 12.2. The summed E-state index contributed by atoms with van der Waals surface area (Å²) in [5, 5.41) is 4.15. The first-order valence-corrected chi connectivity index (χ1v) is 6.43. The number of methoxy groups -OCH3 is 1. The van der Waals surface area contributed by atoms with Crippen LogP contribution in [0, 0.1) is 0 Å². The third kappa shape index (κ3) is 3.09. The van der Waals surface area contributed by atoms with Crippen LogP contribution in [-0.2, 0) is 22.6 Å². The van der Waals surface area contributed by atoms with Crippen molar-refractivity contribution in [3.8, 4) is 0 Å². The van der Waals surface area contributed by atoms with Crippen LogP contribution in [0.15, 0.2) is 6.07 Å². The third-order valence-corrected chi connectivity index (χ3v) is 2.84. The molecule has 0 saturated carbocycles. The molecule has 7 heteroatoms. The number of hydrogen-bond donors (Lipinski definition) is 0. The molecule has 1 aliphatic heterocycles. The normalized spacial score (nSPS) is 14.7. The monoisotopic (exact) mass is 281 g/mol. The maximum absolute atomic E-state index is 12.0. The number of carbonyl (C=O) groups excluding carboxylic acids is 2. The molecule has 0 bridgehead atoms. The van der Waals surface area contributed by atoms with Crippen molar-refractivity contribution in [1.29, 1.82) is 0 Å². The molecule has 0 atom stereocenters. The topological polar surface area (TPSA) is 73.7 Å². The molecule has 1 aliphatic rings. The third-order valence-electron chi connectivity index (χ3n) is 2.84. The van der Waals surface area contributed by atoms with Crippen molar-refractivity contribution < 1.29 is 19.1 Å². The van der Waals surface area contributed by atoms with Gasteiger partial charge in [-0.15, -0.1) is 0 Å². The summed E-state index contributed by atoms with van der Waals surface area (Å²) in [7, 11) is 1.31. The average Bonchev–Trinajstić information content (AvgIpc) is 2.78. The van der Waals surface area contributed by atoms with E-state index in [2.05, 4.69) is 9.84 Å². The number of carbonyl (C=O) groups is 2. The highest BCUT2D eigenvalue weighted by Crippen LogP contribution is 2.17. The first-order valence-electron chi connectivity index (χ1n) is 6.43. The van der Waals surface area contributed by atoms with E-state index in [0.717, 1.165) is 5.69 Å². The molecule has 0 unspecified atom stereocenters. The molecule has 1 amide bonds. The van der Waals surface area contributed by atoms with Gasteiger partial charge in [0.15, 0.2) is 5.69 Å². The standard InChI is InChI=1S/C13H19N3O4/c1-13(2,3)20-12(18)15-5-6-16-9(8-15)7-10(14-16)11(17)19-4/h7H,5-6,8H2,1-4H3. The van der Waals surface area contributed by atoms with E-state index in [9.17, 15) is 9.59 Å². The number of amides is 1. The first-order chi connectivity index (χ1) is 9.30. The van der Waals surface area contributed by atoms with Crippen LogP contribution in [0.25, 0.3) is 0 Å². The summed E-state index contributed by atoms with van der Waals surface area (Å²) >= 11 is 0. The molecular formula is C13H19N3O4. The lowest BCUT2D eigenvalue weighted by molar-refractivity contribution is 0.0194. The van der Waals surface area contributed by atoms with Crippen LogP contribution < -0.4 is 0 Å². The molecule has 0 radical (unpaired) electrons. The smallest absolute Gasteiger partial charge is 0.410 e. The molecule has 0 aliphatic carbocycles. The predicted molar refractivity (Wildman–Crippen MR) is 70.2 cm³/mol. The molecule has 0 aromatic carbocycles. The molecule has 20 heavy (non-hydrogen) atoms. The second kappa shape index (κ2) is 5.15. The number of hydrogen-bond acceptors (Lipinski definition) is 5. The highest BCUT2D eigenvalue weighted by molar-refractivity contribution is 5.87. The summed E-state index contributed by atoms with van der Waals surface area (Å²) in [6, 6.07) is 1.64. The van der Waals surface area contributed by atoms with Crippen molar-refractivity contribution in [1.82, 2.24) is 14.7 Å². The summed E-state index contributed by atoms with van der Waals surface area (Å²) in [6.07, 6.45) is -0.357. The highest BCUT2D eigenvalue weighted by atomic mass is 16.6. The molecule has 110 valence electrons. The van der Waals surface area contributed by atoms with Crippen molar-refractivity contribution in [2.24, 2.45) is 0 Å². The Kier molecular flexibility index (Phi) is 3.69. The van der Waals surface area contributed by atoms with Crippen molar-refractivity contribution in [3.05, 3.63) is 17.5 Å². The van der Waals surface area contributed by atoms with Gasteiger partial charge >= 0.3 is 12.1 Å². The van der Waals surface area contributed by atoms with Crippen molar-refractivity contribution in [3.63, 3.8) is 0 Å². The Labute approximate surface area is 117 Å². The molecular weight excluding hydrogens is 262 g/mol. The summed E-state index contributed by atoms with van der Waals surface area (Å²) in [5.74, 6) is -0.476. The van der Waals surface area contributed by atoms with Gasteiger partial charge in [-0.2, -0.15) is 5.10 Å². The fraction of sp³-hybridized carbons (Fsp3) is 0.615. The van der Waals surface area contributed by atoms with Gasteiger partial charge in [0.05, 0.1) is 25.9 Å². The maximum Gasteiger partial charge on any atom is 0.410 e. The molecule has 2 rings (SSSR count). The summed E-state index contributed by atoms with van der Waals surface area (Å²) in [5.41, 5.74) is 0.530. The van der Waals surface area contributed by atoms with E-state index in [1.807, 2.05) is 20.8 Å². The molecule has 1 aromatic heterocycles. The minimum Gasteiger partial charge on any atom is -0.464 e. The number of fused-ring (bicyclic) bond motifs is 1. The van der Waals surface area contributed by atoms with Crippen LogP contribution in [0.2, 0.25) is 0 Å². The minimum absolute atomic E-state index is 0.258. The fourth-order valence-corrected chi connectivity index (χ4v) is 1.95. The van der Waals surface area contributed by atoms with Gasteiger partial charge in [-0.25, -0.2) is 9.59 Å². The van der Waals surface area contributed by atoms with Crippen LogP contribution in [0.4, 0.5) is 4.79 Å². The average molecular weight is 281 g/mol. The second-order valence-corrected chi connectivity index (χ2v) is 5.64. The van der Waals surface area contributed by atoms with Gasteiger partial charge in [0.2, 0.25) is 0 Å². The first kappa shape index (κ1) is 14.4. The van der Waals surface area contributed by atoms with Crippen LogP contribution in [0.3, 0.4) is 0 Å². The minimum atomic E-state index is -0.522. The molecule has 1 aromatic rings. The van der Waals surface area contributed by atoms with E-state index in [1.165, 1.54) is 7.11 Å². The summed E-state index contributed by atoms with van der Waals surface area (Å²) in [6.45, 7) is 6.89. The largest absolute Gasteiger partial charge is 0.464 e. The Hall–Kier alpha value is -2.05.